The fourth-order valence-corrected chi connectivity index (χ4v) is 3.22. The summed E-state index contributed by atoms with van der Waals surface area (Å²) in [5, 5.41) is 9.44. The third-order valence-electron chi connectivity index (χ3n) is 4.29. The van der Waals surface area contributed by atoms with Gasteiger partial charge in [-0.1, -0.05) is 12.2 Å². The lowest BCUT2D eigenvalue weighted by Crippen LogP contribution is -2.35. The van der Waals surface area contributed by atoms with Gasteiger partial charge in [-0.3, -0.25) is 14.3 Å². The van der Waals surface area contributed by atoms with E-state index in [-0.39, 0.29) is 30.1 Å². The minimum atomic E-state index is -0.461. The highest BCUT2D eigenvalue weighted by atomic mass is 16.5. The van der Waals surface area contributed by atoms with Crippen LogP contribution in [0.4, 0.5) is 0 Å². The smallest absolute Gasteiger partial charge is 0.330 e. The molecule has 2 heterocycles. The van der Waals surface area contributed by atoms with Crippen molar-refractivity contribution >= 4 is 0 Å². The average molecular weight is 278 g/mol. The Hall–Kier alpha value is -1.66. The molecule has 2 aliphatic rings. The Morgan fingerprint density at radius 3 is 2.75 bits per heavy atom. The standard InChI is InChI=1S/C14H18N2O4/c1-8-6-16(14(19)15-12(8)18)13-10-5-3-2-4-9(10)11(7-17)20-13/h2-3,6,9-11,13,17H,4-5,7H2,1H3,(H,15,18,19)/t9-,10+,11+,13?/m0/s1. The third kappa shape index (κ3) is 2.05. The van der Waals surface area contributed by atoms with Crippen molar-refractivity contribution in [3.05, 3.63) is 44.8 Å². The molecule has 108 valence electrons. The van der Waals surface area contributed by atoms with Gasteiger partial charge in [0, 0.05) is 17.7 Å². The first-order valence-electron chi connectivity index (χ1n) is 6.85. The predicted octanol–water partition coefficient (Wildman–Crippen LogP) is 0.317. The van der Waals surface area contributed by atoms with Crippen LogP contribution in [0.25, 0.3) is 0 Å². The molecule has 0 bridgehead atoms. The number of hydrogen-bond donors (Lipinski definition) is 2. The molecule has 2 N–H and O–H groups in total. The maximum atomic E-state index is 12.0. The minimum Gasteiger partial charge on any atom is -0.394 e. The molecule has 1 aromatic heterocycles. The number of H-pyrrole nitrogens is 1. The van der Waals surface area contributed by atoms with Crippen LogP contribution < -0.4 is 11.2 Å². The topological polar surface area (TPSA) is 84.3 Å². The molecule has 0 radical (unpaired) electrons. The van der Waals surface area contributed by atoms with E-state index in [4.69, 9.17) is 4.74 Å². The van der Waals surface area contributed by atoms with Crippen LogP contribution in [0.5, 0.6) is 0 Å². The summed E-state index contributed by atoms with van der Waals surface area (Å²) >= 11 is 0. The van der Waals surface area contributed by atoms with Gasteiger partial charge in [-0.25, -0.2) is 4.79 Å². The van der Waals surface area contributed by atoms with Crippen LogP contribution in [0.1, 0.15) is 24.6 Å². The molecule has 20 heavy (non-hydrogen) atoms. The van der Waals surface area contributed by atoms with Crippen molar-refractivity contribution in [1.82, 2.24) is 9.55 Å². The SMILES string of the molecule is Cc1cn(C2O[C@H](CO)[C@H]3CC=CC[C@@H]23)c(=O)[nH]c1=O. The zero-order chi connectivity index (χ0) is 14.3. The van der Waals surface area contributed by atoms with Crippen LogP contribution in [0.15, 0.2) is 27.9 Å². The molecule has 0 spiro atoms. The molecule has 1 fully saturated rings. The normalized spacial score (nSPS) is 32.3. The summed E-state index contributed by atoms with van der Waals surface area (Å²) in [6, 6.07) is 0. The molecule has 0 amide bonds. The summed E-state index contributed by atoms with van der Waals surface area (Å²) in [5.41, 5.74) is -0.357. The second-order valence-corrected chi connectivity index (χ2v) is 5.50. The monoisotopic (exact) mass is 278 g/mol. The van der Waals surface area contributed by atoms with Crippen LogP contribution in [-0.2, 0) is 4.74 Å². The van der Waals surface area contributed by atoms with Crippen molar-refractivity contribution in [2.75, 3.05) is 6.61 Å². The summed E-state index contributed by atoms with van der Waals surface area (Å²) in [4.78, 5) is 25.7. The molecule has 1 unspecified atom stereocenters. The third-order valence-corrected chi connectivity index (χ3v) is 4.29. The molecule has 6 nitrogen and oxygen atoms in total. The zero-order valence-electron chi connectivity index (χ0n) is 11.3. The Labute approximate surface area is 115 Å². The van der Waals surface area contributed by atoms with E-state index in [1.807, 2.05) is 0 Å². The Kier molecular flexibility index (Phi) is 3.35. The molecular formula is C14H18N2O4. The van der Waals surface area contributed by atoms with Crippen molar-refractivity contribution in [3.8, 4) is 0 Å². The highest BCUT2D eigenvalue weighted by molar-refractivity contribution is 5.06. The maximum Gasteiger partial charge on any atom is 0.330 e. The highest BCUT2D eigenvalue weighted by Gasteiger charge is 2.45. The van der Waals surface area contributed by atoms with Crippen molar-refractivity contribution in [2.45, 2.75) is 32.1 Å². The van der Waals surface area contributed by atoms with Gasteiger partial charge in [0.05, 0.1) is 12.7 Å². The van der Waals surface area contributed by atoms with E-state index >= 15 is 0 Å². The summed E-state index contributed by atoms with van der Waals surface area (Å²) < 4.78 is 7.32. The zero-order valence-corrected chi connectivity index (χ0v) is 11.3. The molecule has 1 aliphatic carbocycles. The van der Waals surface area contributed by atoms with Crippen LogP contribution in [0, 0.1) is 18.8 Å². The van der Waals surface area contributed by atoms with E-state index in [0.29, 0.717) is 5.56 Å². The Morgan fingerprint density at radius 2 is 2.05 bits per heavy atom. The predicted molar refractivity (Wildman–Crippen MR) is 72.4 cm³/mol. The fraction of sp³-hybridized carbons (Fsp3) is 0.571. The summed E-state index contributed by atoms with van der Waals surface area (Å²) in [7, 11) is 0. The van der Waals surface area contributed by atoms with Gasteiger partial charge in [-0.15, -0.1) is 0 Å². The number of hydrogen-bond acceptors (Lipinski definition) is 4. The first-order valence-corrected chi connectivity index (χ1v) is 6.85. The van der Waals surface area contributed by atoms with Crippen LogP contribution in [0.3, 0.4) is 0 Å². The summed E-state index contributed by atoms with van der Waals surface area (Å²) in [6.07, 6.45) is 6.71. The number of ether oxygens (including phenoxy) is 1. The Balaban J connectivity index is 2.02. The van der Waals surface area contributed by atoms with Gasteiger partial charge in [-0.05, 0) is 25.7 Å². The molecule has 3 rings (SSSR count). The minimum absolute atomic E-state index is 0.0530. The lowest BCUT2D eigenvalue weighted by Gasteiger charge is -2.25. The molecule has 1 aliphatic heterocycles. The van der Waals surface area contributed by atoms with Gasteiger partial charge < -0.3 is 9.84 Å². The second-order valence-electron chi connectivity index (χ2n) is 5.50. The highest BCUT2D eigenvalue weighted by Crippen LogP contribution is 2.44. The van der Waals surface area contributed by atoms with Gasteiger partial charge in [0.25, 0.3) is 5.56 Å². The van der Waals surface area contributed by atoms with E-state index in [2.05, 4.69) is 17.1 Å². The Bertz CT molecular complexity index is 645. The number of fused-ring (bicyclic) bond motifs is 1. The van der Waals surface area contributed by atoms with Gasteiger partial charge >= 0.3 is 5.69 Å². The van der Waals surface area contributed by atoms with Crippen molar-refractivity contribution in [3.63, 3.8) is 0 Å². The summed E-state index contributed by atoms with van der Waals surface area (Å²) in [6.45, 7) is 1.61. The van der Waals surface area contributed by atoms with Crippen LogP contribution >= 0.6 is 0 Å². The van der Waals surface area contributed by atoms with E-state index < -0.39 is 11.9 Å². The second kappa shape index (κ2) is 5.03. The number of aliphatic hydroxyl groups is 1. The van der Waals surface area contributed by atoms with Crippen LogP contribution in [0.2, 0.25) is 0 Å². The van der Waals surface area contributed by atoms with Gasteiger partial charge in [0.1, 0.15) is 6.23 Å². The first-order chi connectivity index (χ1) is 9.61. The largest absolute Gasteiger partial charge is 0.394 e. The van der Waals surface area contributed by atoms with Crippen LogP contribution in [-0.4, -0.2) is 27.4 Å². The first kappa shape index (κ1) is 13.3. The molecule has 6 heteroatoms. The number of aryl methyl sites for hydroxylation is 1. The molecule has 4 atom stereocenters. The summed E-state index contributed by atoms with van der Waals surface area (Å²) in [5.74, 6) is 0.370. The number of aliphatic hydroxyl groups excluding tert-OH is 1. The Morgan fingerprint density at radius 1 is 1.35 bits per heavy atom. The van der Waals surface area contributed by atoms with E-state index in [0.717, 1.165) is 12.8 Å². The molecule has 1 aromatic rings. The fourth-order valence-electron chi connectivity index (χ4n) is 3.22. The molecular weight excluding hydrogens is 260 g/mol. The number of aromatic amines is 1. The number of nitrogens with one attached hydrogen (secondary N) is 1. The van der Waals surface area contributed by atoms with Crippen molar-refractivity contribution in [1.29, 1.82) is 0 Å². The van der Waals surface area contributed by atoms with E-state index in [1.54, 1.807) is 13.1 Å². The average Bonchev–Trinajstić information content (AvgIpc) is 2.82. The van der Waals surface area contributed by atoms with E-state index in [1.165, 1.54) is 4.57 Å². The molecule has 0 aromatic carbocycles. The molecule has 1 saturated heterocycles. The van der Waals surface area contributed by atoms with Crippen molar-refractivity contribution < 1.29 is 9.84 Å². The maximum absolute atomic E-state index is 12.0. The van der Waals surface area contributed by atoms with Crippen molar-refractivity contribution in [2.24, 2.45) is 11.8 Å². The number of aromatic nitrogens is 2. The molecule has 0 saturated carbocycles. The lowest BCUT2D eigenvalue weighted by molar-refractivity contribution is -0.0389. The van der Waals surface area contributed by atoms with Gasteiger partial charge in [0.15, 0.2) is 0 Å². The van der Waals surface area contributed by atoms with Gasteiger partial charge in [0.2, 0.25) is 0 Å². The number of rotatable bonds is 2. The lowest BCUT2D eigenvalue weighted by atomic mass is 9.81. The van der Waals surface area contributed by atoms with E-state index in [9.17, 15) is 14.7 Å². The van der Waals surface area contributed by atoms with Gasteiger partial charge in [-0.2, -0.15) is 0 Å². The quantitative estimate of drug-likeness (QED) is 0.763. The number of allylic oxidation sites excluding steroid dienone is 2. The number of nitrogens with zero attached hydrogens (tertiary/aromatic N) is 1.